The molecule has 0 bridgehead atoms. The van der Waals surface area contributed by atoms with Crippen LogP contribution in [0, 0.1) is 5.82 Å². The average molecular weight is 290 g/mol. The van der Waals surface area contributed by atoms with Crippen molar-refractivity contribution in [2.75, 3.05) is 13.1 Å². The topological polar surface area (TPSA) is 15.3 Å². The van der Waals surface area contributed by atoms with Crippen molar-refractivity contribution in [2.45, 2.75) is 63.6 Å². The normalized spacial score (nSPS) is 25.5. The summed E-state index contributed by atoms with van der Waals surface area (Å²) in [7, 11) is 0. The molecule has 1 heterocycles. The van der Waals surface area contributed by atoms with Crippen molar-refractivity contribution in [2.24, 2.45) is 0 Å². The molecule has 1 unspecified atom stereocenters. The number of rotatable bonds is 4. The van der Waals surface area contributed by atoms with E-state index in [1.807, 2.05) is 12.1 Å². The summed E-state index contributed by atoms with van der Waals surface area (Å²) in [5.41, 5.74) is 1.12. The van der Waals surface area contributed by atoms with Crippen LogP contribution in [0.3, 0.4) is 0 Å². The van der Waals surface area contributed by atoms with Gasteiger partial charge in [0.15, 0.2) is 0 Å². The van der Waals surface area contributed by atoms with Gasteiger partial charge >= 0.3 is 0 Å². The highest BCUT2D eigenvalue weighted by atomic mass is 19.1. The van der Waals surface area contributed by atoms with Gasteiger partial charge in [-0.15, -0.1) is 0 Å². The molecule has 2 nitrogen and oxygen atoms in total. The van der Waals surface area contributed by atoms with Crippen LogP contribution in [0.2, 0.25) is 0 Å². The molecule has 1 aliphatic heterocycles. The van der Waals surface area contributed by atoms with E-state index in [1.54, 1.807) is 12.1 Å². The van der Waals surface area contributed by atoms with Crippen LogP contribution in [0.15, 0.2) is 24.3 Å². The van der Waals surface area contributed by atoms with Gasteiger partial charge in [-0.3, -0.25) is 4.90 Å². The summed E-state index contributed by atoms with van der Waals surface area (Å²) in [6.07, 6.45) is 7.56. The monoisotopic (exact) mass is 290 g/mol. The second-order valence-electron chi connectivity index (χ2n) is 6.77. The van der Waals surface area contributed by atoms with Crippen LogP contribution in [0.5, 0.6) is 0 Å². The Bertz CT molecular complexity index is 468. The Balaban J connectivity index is 1.78. The van der Waals surface area contributed by atoms with E-state index in [4.69, 9.17) is 0 Å². The molecule has 1 N–H and O–H groups in total. The quantitative estimate of drug-likeness (QED) is 0.909. The van der Waals surface area contributed by atoms with Gasteiger partial charge in [0.2, 0.25) is 0 Å². The fraction of sp³-hybridized carbons (Fsp3) is 0.667. The zero-order valence-corrected chi connectivity index (χ0v) is 13.1. The molecule has 0 radical (unpaired) electrons. The summed E-state index contributed by atoms with van der Waals surface area (Å²) in [6.45, 7) is 5.13. The Morgan fingerprint density at radius 1 is 1.29 bits per heavy atom. The van der Waals surface area contributed by atoms with Crippen molar-refractivity contribution in [3.63, 3.8) is 0 Å². The molecule has 1 spiro atoms. The molecule has 1 aliphatic carbocycles. The third-order valence-electron chi connectivity index (χ3n) is 5.32. The fourth-order valence-electron chi connectivity index (χ4n) is 4.10. The van der Waals surface area contributed by atoms with Crippen molar-refractivity contribution >= 4 is 0 Å². The van der Waals surface area contributed by atoms with Crippen molar-refractivity contribution in [3.05, 3.63) is 35.6 Å². The lowest BCUT2D eigenvalue weighted by Crippen LogP contribution is -2.63. The van der Waals surface area contributed by atoms with Gasteiger partial charge in [0, 0.05) is 36.8 Å². The molecule has 1 atom stereocenters. The average Bonchev–Trinajstić information content (AvgIpc) is 2.95. The van der Waals surface area contributed by atoms with Gasteiger partial charge in [-0.05, 0) is 25.3 Å². The van der Waals surface area contributed by atoms with Gasteiger partial charge < -0.3 is 5.32 Å². The van der Waals surface area contributed by atoms with E-state index in [1.165, 1.54) is 38.5 Å². The van der Waals surface area contributed by atoms with Crippen LogP contribution in [-0.2, 0) is 6.54 Å². The highest BCUT2D eigenvalue weighted by Gasteiger charge is 2.43. The van der Waals surface area contributed by atoms with Gasteiger partial charge in [0.1, 0.15) is 5.82 Å². The van der Waals surface area contributed by atoms with Gasteiger partial charge in [-0.1, -0.05) is 44.4 Å². The molecular weight excluding hydrogens is 263 g/mol. The Kier molecular flexibility index (Phi) is 4.60. The smallest absolute Gasteiger partial charge is 0.127 e. The molecule has 116 valence electrons. The molecule has 2 fully saturated rings. The molecule has 3 heteroatoms. The Morgan fingerprint density at radius 2 is 2.05 bits per heavy atom. The van der Waals surface area contributed by atoms with E-state index in [0.717, 1.165) is 25.2 Å². The van der Waals surface area contributed by atoms with Crippen LogP contribution in [-0.4, -0.2) is 29.6 Å². The highest BCUT2D eigenvalue weighted by molar-refractivity contribution is 5.18. The van der Waals surface area contributed by atoms with Gasteiger partial charge in [-0.25, -0.2) is 4.39 Å². The molecule has 1 aromatic rings. The first-order chi connectivity index (χ1) is 10.2. The van der Waals surface area contributed by atoms with Crippen LogP contribution < -0.4 is 5.32 Å². The third kappa shape index (κ3) is 3.14. The van der Waals surface area contributed by atoms with Crippen molar-refractivity contribution in [1.29, 1.82) is 0 Å². The maximum absolute atomic E-state index is 14.0. The Hall–Kier alpha value is -0.930. The van der Waals surface area contributed by atoms with Crippen LogP contribution in [0.25, 0.3) is 0 Å². The van der Waals surface area contributed by atoms with Crippen molar-refractivity contribution < 1.29 is 4.39 Å². The van der Waals surface area contributed by atoms with Crippen LogP contribution in [0.1, 0.15) is 51.0 Å². The van der Waals surface area contributed by atoms with E-state index in [-0.39, 0.29) is 11.4 Å². The molecular formula is C18H27FN2. The van der Waals surface area contributed by atoms with E-state index >= 15 is 0 Å². The first-order valence-corrected chi connectivity index (χ1v) is 8.45. The second kappa shape index (κ2) is 6.45. The lowest BCUT2D eigenvalue weighted by Gasteiger charge is -2.48. The van der Waals surface area contributed by atoms with Gasteiger partial charge in [0.05, 0.1) is 0 Å². The Morgan fingerprint density at radius 3 is 2.76 bits per heavy atom. The number of nitrogens with zero attached hydrogens (tertiary/aromatic N) is 1. The summed E-state index contributed by atoms with van der Waals surface area (Å²) in [4.78, 5) is 2.58. The molecule has 0 amide bonds. The van der Waals surface area contributed by atoms with E-state index in [2.05, 4.69) is 17.1 Å². The predicted octanol–water partition coefficient (Wildman–Crippen LogP) is 3.71. The Labute approximate surface area is 127 Å². The zero-order chi connectivity index (χ0) is 14.7. The number of hydrogen-bond donors (Lipinski definition) is 1. The number of benzene rings is 1. The number of piperazine rings is 1. The number of hydrogen-bond acceptors (Lipinski definition) is 2. The SMILES string of the molecule is CCCC1CN(Cc2ccccc2F)C2(CCCC2)CN1. The predicted molar refractivity (Wildman–Crippen MR) is 84.7 cm³/mol. The van der Waals surface area contributed by atoms with E-state index in [9.17, 15) is 4.39 Å². The van der Waals surface area contributed by atoms with Crippen LogP contribution in [0.4, 0.5) is 4.39 Å². The summed E-state index contributed by atoms with van der Waals surface area (Å²) in [6, 6.07) is 7.82. The molecule has 0 aromatic heterocycles. The minimum absolute atomic E-state index is 0.0591. The van der Waals surface area contributed by atoms with Crippen LogP contribution >= 0.6 is 0 Å². The first kappa shape index (κ1) is 15.0. The summed E-state index contributed by atoms with van der Waals surface area (Å²) >= 11 is 0. The van der Waals surface area contributed by atoms with E-state index in [0.29, 0.717) is 6.04 Å². The maximum atomic E-state index is 14.0. The summed E-state index contributed by atoms with van der Waals surface area (Å²) in [5, 5.41) is 3.75. The van der Waals surface area contributed by atoms with Gasteiger partial charge in [-0.2, -0.15) is 0 Å². The number of nitrogens with one attached hydrogen (secondary N) is 1. The third-order valence-corrected chi connectivity index (χ3v) is 5.32. The lowest BCUT2D eigenvalue weighted by molar-refractivity contribution is 0.0330. The van der Waals surface area contributed by atoms with Crippen molar-refractivity contribution in [1.82, 2.24) is 10.2 Å². The van der Waals surface area contributed by atoms with Gasteiger partial charge in [0.25, 0.3) is 0 Å². The molecule has 1 saturated heterocycles. The largest absolute Gasteiger partial charge is 0.311 e. The summed E-state index contributed by atoms with van der Waals surface area (Å²) < 4.78 is 14.0. The molecule has 3 rings (SSSR count). The standard InChI is InChI=1S/C18H27FN2/c1-2-7-16-13-21(12-15-8-3-4-9-17(15)19)18(14-20-16)10-5-6-11-18/h3-4,8-9,16,20H,2,5-7,10-14H2,1H3. The summed E-state index contributed by atoms with van der Waals surface area (Å²) in [5.74, 6) is -0.0591. The zero-order valence-electron chi connectivity index (χ0n) is 13.1. The molecule has 21 heavy (non-hydrogen) atoms. The molecule has 1 aromatic carbocycles. The molecule has 1 saturated carbocycles. The minimum atomic E-state index is -0.0591. The minimum Gasteiger partial charge on any atom is -0.311 e. The molecule has 2 aliphatic rings. The highest BCUT2D eigenvalue weighted by Crippen LogP contribution is 2.38. The lowest BCUT2D eigenvalue weighted by atomic mass is 9.89. The number of halogens is 1. The maximum Gasteiger partial charge on any atom is 0.127 e. The second-order valence-corrected chi connectivity index (χ2v) is 6.77. The fourth-order valence-corrected chi connectivity index (χ4v) is 4.10. The van der Waals surface area contributed by atoms with E-state index < -0.39 is 0 Å². The first-order valence-electron chi connectivity index (χ1n) is 8.45. The van der Waals surface area contributed by atoms with Crippen molar-refractivity contribution in [3.8, 4) is 0 Å².